The van der Waals surface area contributed by atoms with Crippen molar-refractivity contribution in [1.29, 1.82) is 0 Å². The van der Waals surface area contributed by atoms with Crippen LogP contribution in [0.1, 0.15) is 58.4 Å². The molecule has 0 amide bonds. The van der Waals surface area contributed by atoms with Crippen molar-refractivity contribution in [2.45, 2.75) is 58.3 Å². The van der Waals surface area contributed by atoms with Crippen LogP contribution in [0.15, 0.2) is 42.5 Å². The minimum absolute atomic E-state index is 0.224. The quantitative estimate of drug-likeness (QED) is 0.612. The summed E-state index contributed by atoms with van der Waals surface area (Å²) in [6.45, 7) is 7.15. The molecule has 1 aliphatic rings. The van der Waals surface area contributed by atoms with Gasteiger partial charge in [0.1, 0.15) is 0 Å². The molecule has 0 saturated heterocycles. The van der Waals surface area contributed by atoms with E-state index >= 15 is 0 Å². The van der Waals surface area contributed by atoms with Crippen molar-refractivity contribution in [2.24, 2.45) is 5.41 Å². The van der Waals surface area contributed by atoms with Crippen LogP contribution in [-0.4, -0.2) is 0 Å². The largest absolute Gasteiger partial charge is 0.0871 e. The molecule has 0 spiro atoms. The Kier molecular flexibility index (Phi) is 3.94. The number of unbranched alkanes of at least 4 members (excludes halogenated alkanes) is 1. The smallest absolute Gasteiger partial charge is 0.0109 e. The van der Waals surface area contributed by atoms with E-state index in [-0.39, 0.29) is 5.41 Å². The lowest BCUT2D eigenvalue weighted by Crippen LogP contribution is -2.32. The molecule has 1 aliphatic carbocycles. The number of allylic oxidation sites excluding steroid dienone is 2. The van der Waals surface area contributed by atoms with Gasteiger partial charge >= 0.3 is 0 Å². The minimum Gasteiger partial charge on any atom is -0.0871 e. The van der Waals surface area contributed by atoms with E-state index in [0.29, 0.717) is 5.41 Å². The molecule has 0 nitrogen and oxygen atoms in total. The maximum Gasteiger partial charge on any atom is 0.0109 e. The van der Waals surface area contributed by atoms with Gasteiger partial charge in [0.25, 0.3) is 0 Å². The lowest BCUT2D eigenvalue weighted by atomic mass is 9.63. The summed E-state index contributed by atoms with van der Waals surface area (Å²) in [4.78, 5) is 0. The van der Waals surface area contributed by atoms with Gasteiger partial charge in [-0.05, 0) is 30.2 Å². The molecule has 18 heavy (non-hydrogen) atoms. The molecule has 0 aromatic heterocycles. The fourth-order valence-corrected chi connectivity index (χ4v) is 3.43. The van der Waals surface area contributed by atoms with Crippen LogP contribution < -0.4 is 0 Å². The molecular formula is C18H26. The summed E-state index contributed by atoms with van der Waals surface area (Å²) in [5, 5.41) is 0. The molecule has 98 valence electrons. The second kappa shape index (κ2) is 5.30. The van der Waals surface area contributed by atoms with E-state index in [1.165, 1.54) is 37.7 Å². The van der Waals surface area contributed by atoms with Gasteiger partial charge in [-0.25, -0.2) is 0 Å². The van der Waals surface area contributed by atoms with E-state index in [0.717, 1.165) is 0 Å². The first-order valence-electron chi connectivity index (χ1n) is 7.31. The zero-order valence-electron chi connectivity index (χ0n) is 12.1. The molecule has 0 fully saturated rings. The summed E-state index contributed by atoms with van der Waals surface area (Å²) in [6.07, 6.45) is 11.4. The predicted molar refractivity (Wildman–Crippen MR) is 79.8 cm³/mol. The molecular weight excluding hydrogens is 216 g/mol. The first kappa shape index (κ1) is 13.4. The summed E-state index contributed by atoms with van der Waals surface area (Å²) < 4.78 is 0. The molecule has 0 saturated carbocycles. The van der Waals surface area contributed by atoms with Crippen molar-refractivity contribution < 1.29 is 0 Å². The monoisotopic (exact) mass is 242 g/mol. The Bertz CT molecular complexity index is 403. The summed E-state index contributed by atoms with van der Waals surface area (Å²) in [5.41, 5.74) is 2.17. The second-order valence-electron chi connectivity index (χ2n) is 6.48. The normalized spacial score (nSPS) is 31.5. The van der Waals surface area contributed by atoms with Crippen LogP contribution in [0.25, 0.3) is 0 Å². The maximum atomic E-state index is 2.47. The Hall–Kier alpha value is -1.04. The van der Waals surface area contributed by atoms with Gasteiger partial charge in [0.2, 0.25) is 0 Å². The Labute approximate surface area is 112 Å². The third-order valence-corrected chi connectivity index (χ3v) is 4.46. The van der Waals surface area contributed by atoms with Gasteiger partial charge < -0.3 is 0 Å². The SMILES string of the molecule is CCCCC1(C)CC=CC(C)(c2ccccc2)C1. The minimum atomic E-state index is 0.224. The van der Waals surface area contributed by atoms with Gasteiger partial charge in [0, 0.05) is 5.41 Å². The van der Waals surface area contributed by atoms with E-state index in [1.54, 1.807) is 0 Å². The fourth-order valence-electron chi connectivity index (χ4n) is 3.43. The van der Waals surface area contributed by atoms with Gasteiger partial charge in [-0.2, -0.15) is 0 Å². The highest BCUT2D eigenvalue weighted by Gasteiger charge is 2.36. The van der Waals surface area contributed by atoms with Gasteiger partial charge in [0.05, 0.1) is 0 Å². The molecule has 0 aliphatic heterocycles. The molecule has 2 rings (SSSR count). The van der Waals surface area contributed by atoms with Crippen molar-refractivity contribution in [1.82, 2.24) is 0 Å². The van der Waals surface area contributed by atoms with Gasteiger partial charge in [-0.15, -0.1) is 0 Å². The topological polar surface area (TPSA) is 0 Å². The van der Waals surface area contributed by atoms with Crippen molar-refractivity contribution in [3.05, 3.63) is 48.0 Å². The van der Waals surface area contributed by atoms with Crippen molar-refractivity contribution >= 4 is 0 Å². The van der Waals surface area contributed by atoms with Crippen LogP contribution in [0.5, 0.6) is 0 Å². The van der Waals surface area contributed by atoms with Crippen LogP contribution in [0.3, 0.4) is 0 Å². The molecule has 0 heterocycles. The van der Waals surface area contributed by atoms with Crippen molar-refractivity contribution in [2.75, 3.05) is 0 Å². The summed E-state index contributed by atoms with van der Waals surface area (Å²) >= 11 is 0. The molecule has 0 radical (unpaired) electrons. The van der Waals surface area contributed by atoms with Crippen LogP contribution in [0.4, 0.5) is 0 Å². The van der Waals surface area contributed by atoms with Crippen LogP contribution in [0, 0.1) is 5.41 Å². The third kappa shape index (κ3) is 2.85. The molecule has 0 N–H and O–H groups in total. The van der Waals surface area contributed by atoms with Gasteiger partial charge in [0.15, 0.2) is 0 Å². The maximum absolute atomic E-state index is 2.47. The van der Waals surface area contributed by atoms with E-state index in [9.17, 15) is 0 Å². The van der Waals surface area contributed by atoms with Crippen molar-refractivity contribution in [3.63, 3.8) is 0 Å². The Morgan fingerprint density at radius 1 is 1.11 bits per heavy atom. The first-order valence-corrected chi connectivity index (χ1v) is 7.31. The molecule has 1 aromatic rings. The molecule has 2 atom stereocenters. The fraction of sp³-hybridized carbons (Fsp3) is 0.556. The highest BCUT2D eigenvalue weighted by Crippen LogP contribution is 2.46. The van der Waals surface area contributed by atoms with E-state index in [4.69, 9.17) is 0 Å². The average molecular weight is 242 g/mol. The van der Waals surface area contributed by atoms with Crippen molar-refractivity contribution in [3.8, 4) is 0 Å². The Morgan fingerprint density at radius 3 is 2.50 bits per heavy atom. The molecule has 0 heteroatoms. The predicted octanol–water partition coefficient (Wildman–Crippen LogP) is 5.49. The zero-order valence-corrected chi connectivity index (χ0v) is 12.1. The van der Waals surface area contributed by atoms with Gasteiger partial charge in [-0.3, -0.25) is 0 Å². The molecule has 0 bridgehead atoms. The first-order chi connectivity index (χ1) is 8.58. The number of hydrogen-bond donors (Lipinski definition) is 0. The van der Waals surface area contributed by atoms with Gasteiger partial charge in [-0.1, -0.05) is 76.1 Å². The average Bonchev–Trinajstić information content (AvgIpc) is 2.37. The third-order valence-electron chi connectivity index (χ3n) is 4.46. The van der Waals surface area contributed by atoms with E-state index in [1.807, 2.05) is 0 Å². The highest BCUT2D eigenvalue weighted by atomic mass is 14.4. The zero-order chi connectivity index (χ0) is 13.1. The van der Waals surface area contributed by atoms with E-state index < -0.39 is 0 Å². The standard InChI is InChI=1S/C18H26/c1-4-5-12-17(2)13-9-14-18(3,15-17)16-10-7-6-8-11-16/h6-11,14H,4-5,12-13,15H2,1-3H3. The van der Waals surface area contributed by atoms with Crippen LogP contribution >= 0.6 is 0 Å². The summed E-state index contributed by atoms with van der Waals surface area (Å²) in [7, 11) is 0. The number of hydrogen-bond acceptors (Lipinski definition) is 0. The molecule has 2 unspecified atom stereocenters. The number of rotatable bonds is 4. The second-order valence-corrected chi connectivity index (χ2v) is 6.48. The Balaban J connectivity index is 2.20. The summed E-state index contributed by atoms with van der Waals surface area (Å²) in [6, 6.07) is 11.0. The van der Waals surface area contributed by atoms with Crippen LogP contribution in [0.2, 0.25) is 0 Å². The lowest BCUT2D eigenvalue weighted by Gasteiger charge is -2.41. The number of benzene rings is 1. The highest BCUT2D eigenvalue weighted by molar-refractivity contribution is 5.32. The molecule has 1 aromatic carbocycles. The lowest BCUT2D eigenvalue weighted by molar-refractivity contribution is 0.210. The summed E-state index contributed by atoms with van der Waals surface area (Å²) in [5.74, 6) is 0. The Morgan fingerprint density at radius 2 is 1.83 bits per heavy atom. The van der Waals surface area contributed by atoms with E-state index in [2.05, 4.69) is 63.3 Å². The van der Waals surface area contributed by atoms with Crippen LogP contribution in [-0.2, 0) is 5.41 Å².